The molecule has 19 heavy (non-hydrogen) atoms. The molecule has 0 aliphatic heterocycles. The van der Waals surface area contributed by atoms with E-state index < -0.39 is 0 Å². The number of hydrogen-bond acceptors (Lipinski definition) is 3. The van der Waals surface area contributed by atoms with Crippen molar-refractivity contribution in [3.63, 3.8) is 0 Å². The van der Waals surface area contributed by atoms with Gasteiger partial charge in [0.05, 0.1) is 11.9 Å². The summed E-state index contributed by atoms with van der Waals surface area (Å²) in [4.78, 5) is 6.61. The first kappa shape index (κ1) is 15.7. The van der Waals surface area contributed by atoms with E-state index in [1.54, 1.807) is 0 Å². The third-order valence-electron chi connectivity index (χ3n) is 2.94. The highest BCUT2D eigenvalue weighted by atomic mass is 15.1. The summed E-state index contributed by atoms with van der Waals surface area (Å²) >= 11 is 0. The Hall–Kier alpha value is -1.35. The van der Waals surface area contributed by atoms with Crippen molar-refractivity contribution in [2.75, 3.05) is 24.5 Å². The monoisotopic (exact) mass is 261 g/mol. The standard InChI is InChI=1S/C16H27N3/c1-5-9-19(10-6-2)16-13-17-8-7-15(16)12-18-11-14(3)4/h5,7-8,13-14,18H,1,6,9-12H2,2-4H3. The molecule has 1 aromatic heterocycles. The van der Waals surface area contributed by atoms with Crippen molar-refractivity contribution in [3.8, 4) is 0 Å². The smallest absolute Gasteiger partial charge is 0.0601 e. The van der Waals surface area contributed by atoms with E-state index in [1.165, 1.54) is 11.3 Å². The first-order chi connectivity index (χ1) is 9.19. The number of anilines is 1. The Kier molecular flexibility index (Phi) is 7.19. The van der Waals surface area contributed by atoms with Crippen molar-refractivity contribution in [2.45, 2.75) is 33.7 Å². The highest BCUT2D eigenvalue weighted by Crippen LogP contribution is 2.19. The summed E-state index contributed by atoms with van der Waals surface area (Å²) in [7, 11) is 0. The molecular weight excluding hydrogens is 234 g/mol. The second-order valence-corrected chi connectivity index (χ2v) is 5.26. The minimum atomic E-state index is 0.671. The van der Waals surface area contributed by atoms with E-state index in [0.29, 0.717) is 5.92 Å². The van der Waals surface area contributed by atoms with Crippen molar-refractivity contribution in [3.05, 3.63) is 36.7 Å². The number of pyridine rings is 1. The van der Waals surface area contributed by atoms with Crippen molar-refractivity contribution >= 4 is 5.69 Å². The molecule has 1 aromatic rings. The fourth-order valence-electron chi connectivity index (χ4n) is 2.08. The Morgan fingerprint density at radius 3 is 2.89 bits per heavy atom. The summed E-state index contributed by atoms with van der Waals surface area (Å²) in [6.45, 7) is 14.3. The molecule has 3 nitrogen and oxygen atoms in total. The van der Waals surface area contributed by atoms with E-state index in [1.807, 2.05) is 18.5 Å². The molecule has 0 fully saturated rings. The van der Waals surface area contributed by atoms with Crippen molar-refractivity contribution in [1.82, 2.24) is 10.3 Å². The van der Waals surface area contributed by atoms with Crippen molar-refractivity contribution < 1.29 is 0 Å². The lowest BCUT2D eigenvalue weighted by atomic mass is 10.1. The first-order valence-electron chi connectivity index (χ1n) is 7.18. The molecular formula is C16H27N3. The van der Waals surface area contributed by atoms with Crippen molar-refractivity contribution in [1.29, 1.82) is 0 Å². The van der Waals surface area contributed by atoms with E-state index in [2.05, 4.69) is 48.6 Å². The van der Waals surface area contributed by atoms with Crippen LogP contribution in [0.1, 0.15) is 32.8 Å². The zero-order chi connectivity index (χ0) is 14.1. The molecule has 0 saturated heterocycles. The predicted molar refractivity (Wildman–Crippen MR) is 83.5 cm³/mol. The number of rotatable bonds is 9. The zero-order valence-corrected chi connectivity index (χ0v) is 12.5. The van der Waals surface area contributed by atoms with E-state index in [9.17, 15) is 0 Å². The van der Waals surface area contributed by atoms with Crippen LogP contribution in [0.25, 0.3) is 0 Å². The second-order valence-electron chi connectivity index (χ2n) is 5.26. The molecule has 0 unspecified atom stereocenters. The Labute approximate surface area is 117 Å². The third-order valence-corrected chi connectivity index (χ3v) is 2.94. The zero-order valence-electron chi connectivity index (χ0n) is 12.5. The second kappa shape index (κ2) is 8.70. The summed E-state index contributed by atoms with van der Waals surface area (Å²) in [5.74, 6) is 0.671. The van der Waals surface area contributed by atoms with E-state index in [-0.39, 0.29) is 0 Å². The lowest BCUT2D eigenvalue weighted by Gasteiger charge is -2.25. The van der Waals surface area contributed by atoms with Crippen LogP contribution in [0.3, 0.4) is 0 Å². The Morgan fingerprint density at radius 1 is 1.47 bits per heavy atom. The minimum Gasteiger partial charge on any atom is -0.366 e. The Bertz CT molecular complexity index is 374. The Morgan fingerprint density at radius 2 is 2.26 bits per heavy atom. The molecule has 0 aromatic carbocycles. The summed E-state index contributed by atoms with van der Waals surface area (Å²) in [6.07, 6.45) is 6.91. The molecule has 106 valence electrons. The average molecular weight is 261 g/mol. The van der Waals surface area contributed by atoms with Crippen LogP contribution >= 0.6 is 0 Å². The number of aromatic nitrogens is 1. The van der Waals surface area contributed by atoms with Crippen LogP contribution in [0.2, 0.25) is 0 Å². The molecule has 0 saturated carbocycles. The van der Waals surface area contributed by atoms with Crippen LogP contribution in [0, 0.1) is 5.92 Å². The van der Waals surface area contributed by atoms with Gasteiger partial charge in [-0.1, -0.05) is 26.8 Å². The van der Waals surface area contributed by atoms with Gasteiger partial charge in [0.25, 0.3) is 0 Å². The third kappa shape index (κ3) is 5.43. The SMILES string of the molecule is C=CCN(CCC)c1cnccc1CNCC(C)C. The van der Waals surface area contributed by atoms with Gasteiger partial charge in [-0.15, -0.1) is 6.58 Å². The van der Waals surface area contributed by atoms with Gasteiger partial charge in [-0.25, -0.2) is 0 Å². The van der Waals surface area contributed by atoms with Crippen LogP contribution < -0.4 is 10.2 Å². The van der Waals surface area contributed by atoms with Gasteiger partial charge in [0.15, 0.2) is 0 Å². The lowest BCUT2D eigenvalue weighted by Crippen LogP contribution is -2.27. The van der Waals surface area contributed by atoms with Gasteiger partial charge in [0.2, 0.25) is 0 Å². The maximum Gasteiger partial charge on any atom is 0.0601 e. The molecule has 1 rings (SSSR count). The van der Waals surface area contributed by atoms with Crippen LogP contribution in [0.5, 0.6) is 0 Å². The molecule has 3 heteroatoms. The first-order valence-corrected chi connectivity index (χ1v) is 7.18. The fourth-order valence-corrected chi connectivity index (χ4v) is 2.08. The minimum absolute atomic E-state index is 0.671. The molecule has 0 bridgehead atoms. The lowest BCUT2D eigenvalue weighted by molar-refractivity contribution is 0.552. The number of nitrogens with zero attached hydrogens (tertiary/aromatic N) is 2. The summed E-state index contributed by atoms with van der Waals surface area (Å²) in [5.41, 5.74) is 2.53. The van der Waals surface area contributed by atoms with E-state index >= 15 is 0 Å². The highest BCUT2D eigenvalue weighted by molar-refractivity contribution is 5.52. The quantitative estimate of drug-likeness (QED) is 0.692. The van der Waals surface area contributed by atoms with Crippen LogP contribution in [0.4, 0.5) is 5.69 Å². The van der Waals surface area contributed by atoms with Gasteiger partial charge in [-0.3, -0.25) is 4.98 Å². The fraction of sp³-hybridized carbons (Fsp3) is 0.562. The maximum absolute atomic E-state index is 4.27. The molecule has 0 spiro atoms. The van der Waals surface area contributed by atoms with E-state index in [0.717, 1.165) is 32.6 Å². The predicted octanol–water partition coefficient (Wildman–Crippen LogP) is 3.23. The number of hydrogen-bond donors (Lipinski definition) is 1. The van der Waals surface area contributed by atoms with Crippen LogP contribution in [-0.4, -0.2) is 24.6 Å². The normalized spacial score (nSPS) is 10.7. The Balaban J connectivity index is 2.77. The molecule has 0 radical (unpaired) electrons. The maximum atomic E-state index is 4.27. The summed E-state index contributed by atoms with van der Waals surface area (Å²) in [6, 6.07) is 2.11. The molecule has 0 atom stereocenters. The van der Waals surface area contributed by atoms with E-state index in [4.69, 9.17) is 0 Å². The van der Waals surface area contributed by atoms with Gasteiger partial charge in [-0.2, -0.15) is 0 Å². The molecule has 1 N–H and O–H groups in total. The van der Waals surface area contributed by atoms with Gasteiger partial charge < -0.3 is 10.2 Å². The van der Waals surface area contributed by atoms with Gasteiger partial charge >= 0.3 is 0 Å². The molecule has 1 heterocycles. The highest BCUT2D eigenvalue weighted by Gasteiger charge is 2.09. The summed E-state index contributed by atoms with van der Waals surface area (Å²) < 4.78 is 0. The topological polar surface area (TPSA) is 28.2 Å². The van der Waals surface area contributed by atoms with Crippen LogP contribution in [0.15, 0.2) is 31.1 Å². The van der Waals surface area contributed by atoms with Gasteiger partial charge in [0.1, 0.15) is 0 Å². The van der Waals surface area contributed by atoms with Crippen molar-refractivity contribution in [2.24, 2.45) is 5.92 Å². The van der Waals surface area contributed by atoms with Gasteiger partial charge in [0, 0.05) is 25.8 Å². The number of nitrogens with one attached hydrogen (secondary N) is 1. The van der Waals surface area contributed by atoms with Crippen LogP contribution in [-0.2, 0) is 6.54 Å². The average Bonchev–Trinajstić information content (AvgIpc) is 2.39. The largest absolute Gasteiger partial charge is 0.366 e. The molecule has 0 aliphatic rings. The molecule has 0 amide bonds. The van der Waals surface area contributed by atoms with Gasteiger partial charge in [-0.05, 0) is 30.5 Å². The molecule has 0 aliphatic carbocycles. The summed E-state index contributed by atoms with van der Waals surface area (Å²) in [5, 5.41) is 3.50.